The van der Waals surface area contributed by atoms with Gasteiger partial charge in [0.05, 0.1) is 6.20 Å². The van der Waals surface area contributed by atoms with E-state index in [4.69, 9.17) is 9.15 Å². The molecule has 2 rings (SSSR count). The van der Waals surface area contributed by atoms with E-state index in [0.29, 0.717) is 12.5 Å². The normalized spacial score (nSPS) is 10.1. The Morgan fingerprint density at radius 3 is 3.06 bits per heavy atom. The molecule has 0 radical (unpaired) electrons. The van der Waals surface area contributed by atoms with E-state index in [9.17, 15) is 0 Å². The molecule has 0 N–H and O–H groups in total. The molecule has 2 aromatic rings. The van der Waals surface area contributed by atoms with E-state index in [2.05, 4.69) is 11.6 Å². The van der Waals surface area contributed by atoms with Crippen molar-refractivity contribution < 1.29 is 9.15 Å². The molecule has 0 amide bonds. The Morgan fingerprint density at radius 2 is 2.38 bits per heavy atom. The highest BCUT2D eigenvalue weighted by Crippen LogP contribution is 2.22. The van der Waals surface area contributed by atoms with Gasteiger partial charge in [-0.15, -0.1) is 0 Å². The summed E-state index contributed by atoms with van der Waals surface area (Å²) in [5.74, 6) is 1.39. The minimum absolute atomic E-state index is 0.523. The molecule has 16 heavy (non-hydrogen) atoms. The van der Waals surface area contributed by atoms with Crippen LogP contribution in [-0.4, -0.2) is 11.6 Å². The summed E-state index contributed by atoms with van der Waals surface area (Å²) in [5, 5.41) is 0. The fourth-order valence-corrected chi connectivity index (χ4v) is 1.29. The fourth-order valence-electron chi connectivity index (χ4n) is 1.29. The molecule has 0 saturated heterocycles. The van der Waals surface area contributed by atoms with Gasteiger partial charge in [-0.1, -0.05) is 12.6 Å². The highest BCUT2D eigenvalue weighted by atomic mass is 16.5. The molecule has 3 nitrogen and oxygen atoms in total. The van der Waals surface area contributed by atoms with Crippen LogP contribution >= 0.6 is 0 Å². The van der Waals surface area contributed by atoms with E-state index in [1.807, 2.05) is 31.2 Å². The molecule has 1 aromatic carbocycles. The summed E-state index contributed by atoms with van der Waals surface area (Å²) in [4.78, 5) is 4.08. The van der Waals surface area contributed by atoms with Gasteiger partial charge < -0.3 is 9.15 Å². The molecule has 3 heteroatoms. The van der Waals surface area contributed by atoms with Gasteiger partial charge >= 0.3 is 0 Å². The summed E-state index contributed by atoms with van der Waals surface area (Å²) >= 11 is 0. The number of benzene rings is 1. The van der Waals surface area contributed by atoms with Crippen LogP contribution in [0, 0.1) is 0 Å². The summed E-state index contributed by atoms with van der Waals surface area (Å²) in [6.45, 7) is 6.24. The van der Waals surface area contributed by atoms with Crippen LogP contribution in [0.1, 0.15) is 6.92 Å². The second-order valence-corrected chi connectivity index (χ2v) is 3.61. The lowest BCUT2D eigenvalue weighted by molar-refractivity contribution is 0.353. The summed E-state index contributed by atoms with van der Waals surface area (Å²) < 4.78 is 10.8. The van der Waals surface area contributed by atoms with E-state index in [-0.39, 0.29) is 0 Å². The average Bonchev–Trinajstić information content (AvgIpc) is 2.80. The molecule has 0 aliphatic heterocycles. The minimum atomic E-state index is 0.523. The van der Waals surface area contributed by atoms with E-state index < -0.39 is 0 Å². The molecule has 0 unspecified atom stereocenters. The van der Waals surface area contributed by atoms with Crippen LogP contribution in [-0.2, 0) is 0 Å². The van der Waals surface area contributed by atoms with Crippen molar-refractivity contribution in [3.63, 3.8) is 0 Å². The Hall–Kier alpha value is -2.03. The predicted octanol–water partition coefficient (Wildman–Crippen LogP) is 3.30. The fraction of sp³-hybridized carbons (Fsp3) is 0.154. The maximum absolute atomic E-state index is 5.54. The van der Waals surface area contributed by atoms with E-state index >= 15 is 0 Å². The number of hydrogen-bond acceptors (Lipinski definition) is 3. The van der Waals surface area contributed by atoms with Crippen LogP contribution in [0.4, 0.5) is 0 Å². The molecule has 82 valence electrons. The molecule has 0 bridgehead atoms. The molecule has 1 heterocycles. The third-order valence-electron chi connectivity index (χ3n) is 2.00. The van der Waals surface area contributed by atoms with Crippen molar-refractivity contribution in [2.75, 3.05) is 6.61 Å². The van der Waals surface area contributed by atoms with Crippen LogP contribution in [0.25, 0.3) is 11.5 Å². The number of nitrogens with zero attached hydrogens (tertiary/aromatic N) is 1. The number of rotatable bonds is 4. The zero-order valence-corrected chi connectivity index (χ0v) is 9.14. The maximum atomic E-state index is 5.54. The molecular formula is C13H13NO2. The van der Waals surface area contributed by atoms with Gasteiger partial charge in [0.2, 0.25) is 5.89 Å². The van der Waals surface area contributed by atoms with Crippen LogP contribution in [0.2, 0.25) is 0 Å². The molecule has 1 aromatic heterocycles. The Labute approximate surface area is 94.4 Å². The largest absolute Gasteiger partial charge is 0.489 e. The quantitative estimate of drug-likeness (QED) is 0.734. The SMILES string of the molecule is C=C(C)COc1cccc(-c2ncco2)c1. The maximum Gasteiger partial charge on any atom is 0.225 e. The lowest BCUT2D eigenvalue weighted by atomic mass is 10.2. The van der Waals surface area contributed by atoms with Crippen molar-refractivity contribution in [1.82, 2.24) is 4.98 Å². The number of ether oxygens (including phenoxy) is 1. The Balaban J connectivity index is 2.17. The highest BCUT2D eigenvalue weighted by Gasteiger charge is 2.03. The molecular weight excluding hydrogens is 202 g/mol. The van der Waals surface area contributed by atoms with Gasteiger partial charge in [0.25, 0.3) is 0 Å². The molecule has 0 fully saturated rings. The average molecular weight is 215 g/mol. The molecule has 0 aliphatic rings. The monoisotopic (exact) mass is 215 g/mol. The second-order valence-electron chi connectivity index (χ2n) is 3.61. The Bertz CT molecular complexity index is 474. The first-order valence-electron chi connectivity index (χ1n) is 5.03. The van der Waals surface area contributed by atoms with E-state index in [1.165, 1.54) is 0 Å². The van der Waals surface area contributed by atoms with E-state index in [0.717, 1.165) is 16.9 Å². The van der Waals surface area contributed by atoms with Crippen molar-refractivity contribution in [1.29, 1.82) is 0 Å². The van der Waals surface area contributed by atoms with E-state index in [1.54, 1.807) is 12.5 Å². The lowest BCUT2D eigenvalue weighted by Gasteiger charge is -2.06. The lowest BCUT2D eigenvalue weighted by Crippen LogP contribution is -1.97. The number of oxazole rings is 1. The molecule has 0 spiro atoms. The summed E-state index contributed by atoms with van der Waals surface area (Å²) in [6.07, 6.45) is 3.17. The van der Waals surface area contributed by atoms with Crippen molar-refractivity contribution in [3.05, 3.63) is 48.9 Å². The Morgan fingerprint density at radius 1 is 1.50 bits per heavy atom. The first kappa shape index (κ1) is 10.5. The van der Waals surface area contributed by atoms with Crippen LogP contribution < -0.4 is 4.74 Å². The van der Waals surface area contributed by atoms with Gasteiger partial charge in [-0.25, -0.2) is 4.98 Å². The number of aromatic nitrogens is 1. The van der Waals surface area contributed by atoms with Crippen LogP contribution in [0.15, 0.2) is 53.3 Å². The highest BCUT2D eigenvalue weighted by molar-refractivity contribution is 5.55. The van der Waals surface area contributed by atoms with Gasteiger partial charge in [-0.05, 0) is 30.7 Å². The van der Waals surface area contributed by atoms with Crippen molar-refractivity contribution in [3.8, 4) is 17.2 Å². The van der Waals surface area contributed by atoms with Crippen molar-refractivity contribution >= 4 is 0 Å². The smallest absolute Gasteiger partial charge is 0.225 e. The topological polar surface area (TPSA) is 35.3 Å². The number of hydrogen-bond donors (Lipinski definition) is 0. The second kappa shape index (κ2) is 4.66. The summed E-state index contributed by atoms with van der Waals surface area (Å²) in [5.41, 5.74) is 1.89. The van der Waals surface area contributed by atoms with Crippen molar-refractivity contribution in [2.45, 2.75) is 6.92 Å². The predicted molar refractivity (Wildman–Crippen MR) is 62.2 cm³/mol. The zero-order valence-electron chi connectivity index (χ0n) is 9.14. The Kier molecular flexibility index (Phi) is 3.05. The van der Waals surface area contributed by atoms with Gasteiger partial charge in [-0.2, -0.15) is 0 Å². The minimum Gasteiger partial charge on any atom is -0.489 e. The van der Waals surface area contributed by atoms with Gasteiger partial charge in [0.15, 0.2) is 0 Å². The molecule has 0 saturated carbocycles. The zero-order chi connectivity index (χ0) is 11.4. The third kappa shape index (κ3) is 2.51. The van der Waals surface area contributed by atoms with Crippen molar-refractivity contribution in [2.24, 2.45) is 0 Å². The molecule has 0 atom stereocenters. The van der Waals surface area contributed by atoms with Gasteiger partial charge in [-0.3, -0.25) is 0 Å². The molecule has 0 aliphatic carbocycles. The summed E-state index contributed by atoms with van der Waals surface area (Å²) in [6, 6.07) is 7.64. The first-order chi connectivity index (χ1) is 7.75. The third-order valence-corrected chi connectivity index (χ3v) is 2.00. The van der Waals surface area contributed by atoms with Gasteiger partial charge in [0, 0.05) is 5.56 Å². The van der Waals surface area contributed by atoms with Crippen LogP contribution in [0.5, 0.6) is 5.75 Å². The first-order valence-corrected chi connectivity index (χ1v) is 5.03. The summed E-state index contributed by atoms with van der Waals surface area (Å²) in [7, 11) is 0. The van der Waals surface area contributed by atoms with Gasteiger partial charge in [0.1, 0.15) is 18.6 Å². The van der Waals surface area contributed by atoms with Crippen LogP contribution in [0.3, 0.4) is 0 Å². The standard InChI is InChI=1S/C13H13NO2/c1-10(2)9-16-12-5-3-4-11(8-12)13-14-6-7-15-13/h3-8H,1,9H2,2H3.